The predicted octanol–water partition coefficient (Wildman–Crippen LogP) is 2.93. The van der Waals surface area contributed by atoms with Gasteiger partial charge in [0.15, 0.2) is 0 Å². The number of carbonyl (C=O) groups is 1. The Hall–Kier alpha value is -0.410. The lowest BCUT2D eigenvalue weighted by atomic mass is 9.44. The molecule has 0 radical (unpaired) electrons. The zero-order chi connectivity index (χ0) is 15.7. The Bertz CT molecular complexity index is 489. The molecule has 3 heteroatoms. The lowest BCUT2D eigenvalue weighted by molar-refractivity contribution is -0.177. The van der Waals surface area contributed by atoms with E-state index in [1.54, 1.807) is 0 Å². The molecule has 124 valence electrons. The Morgan fingerprint density at radius 1 is 1.05 bits per heavy atom. The van der Waals surface area contributed by atoms with Crippen molar-refractivity contribution in [3.05, 3.63) is 0 Å². The van der Waals surface area contributed by atoms with Gasteiger partial charge in [-0.05, 0) is 73.0 Å². The monoisotopic (exact) mass is 306 g/mol. The number of hydrogen-bond acceptors (Lipinski definition) is 3. The van der Waals surface area contributed by atoms with Crippen LogP contribution < -0.4 is 0 Å². The first-order chi connectivity index (χ1) is 10.4. The van der Waals surface area contributed by atoms with Crippen LogP contribution in [0.1, 0.15) is 65.2 Å². The van der Waals surface area contributed by atoms with Gasteiger partial charge < -0.3 is 10.2 Å². The fourth-order valence-corrected chi connectivity index (χ4v) is 7.14. The Morgan fingerprint density at radius 3 is 2.59 bits per heavy atom. The summed E-state index contributed by atoms with van der Waals surface area (Å²) >= 11 is 0. The molecule has 0 aromatic rings. The van der Waals surface area contributed by atoms with Crippen molar-refractivity contribution in [2.24, 2.45) is 34.5 Å². The largest absolute Gasteiger partial charge is 0.393 e. The average Bonchev–Trinajstić information content (AvgIpc) is 2.75. The number of ketones is 1. The molecule has 0 spiro atoms. The van der Waals surface area contributed by atoms with Crippen molar-refractivity contribution >= 4 is 5.78 Å². The van der Waals surface area contributed by atoms with Gasteiger partial charge in [-0.2, -0.15) is 0 Å². The summed E-state index contributed by atoms with van der Waals surface area (Å²) in [5.74, 6) is 2.34. The maximum atomic E-state index is 11.9. The molecule has 0 amide bonds. The van der Waals surface area contributed by atoms with Crippen LogP contribution in [0.15, 0.2) is 0 Å². The van der Waals surface area contributed by atoms with E-state index in [2.05, 4.69) is 13.8 Å². The summed E-state index contributed by atoms with van der Waals surface area (Å²) in [6, 6.07) is 0. The maximum absolute atomic E-state index is 11.9. The van der Waals surface area contributed by atoms with Crippen LogP contribution >= 0.6 is 0 Å². The SMILES string of the molecule is CC12C[C@@H](O)C3C(CC[C@H]4CC(=O)CCC34C)C1CCC2O. The smallest absolute Gasteiger partial charge is 0.133 e. The summed E-state index contributed by atoms with van der Waals surface area (Å²) < 4.78 is 0. The van der Waals surface area contributed by atoms with Gasteiger partial charge in [-0.3, -0.25) is 4.79 Å². The second kappa shape index (κ2) is 4.80. The van der Waals surface area contributed by atoms with E-state index in [-0.39, 0.29) is 23.0 Å². The summed E-state index contributed by atoms with van der Waals surface area (Å²) in [7, 11) is 0. The maximum Gasteiger partial charge on any atom is 0.133 e. The van der Waals surface area contributed by atoms with Gasteiger partial charge in [0.2, 0.25) is 0 Å². The zero-order valence-electron chi connectivity index (χ0n) is 13.9. The molecule has 0 heterocycles. The van der Waals surface area contributed by atoms with Gasteiger partial charge in [-0.1, -0.05) is 13.8 Å². The second-order valence-corrected chi connectivity index (χ2v) is 9.19. The van der Waals surface area contributed by atoms with Gasteiger partial charge in [0, 0.05) is 12.8 Å². The Kier molecular flexibility index (Phi) is 3.30. The van der Waals surface area contributed by atoms with Gasteiger partial charge in [-0.25, -0.2) is 0 Å². The molecule has 4 fully saturated rings. The minimum absolute atomic E-state index is 0.0890. The Labute approximate surface area is 133 Å². The molecule has 2 N–H and O–H groups in total. The summed E-state index contributed by atoms with van der Waals surface area (Å²) in [5, 5.41) is 21.5. The highest BCUT2D eigenvalue weighted by atomic mass is 16.3. The first kappa shape index (κ1) is 15.1. The van der Waals surface area contributed by atoms with E-state index in [4.69, 9.17) is 0 Å². The highest BCUT2D eigenvalue weighted by molar-refractivity contribution is 5.79. The van der Waals surface area contributed by atoms with Crippen molar-refractivity contribution in [3.8, 4) is 0 Å². The zero-order valence-corrected chi connectivity index (χ0v) is 13.9. The van der Waals surface area contributed by atoms with Crippen molar-refractivity contribution < 1.29 is 15.0 Å². The van der Waals surface area contributed by atoms with Gasteiger partial charge in [0.05, 0.1) is 12.2 Å². The van der Waals surface area contributed by atoms with Crippen LogP contribution in [0.2, 0.25) is 0 Å². The van der Waals surface area contributed by atoms with E-state index in [1.165, 1.54) is 0 Å². The van der Waals surface area contributed by atoms with Crippen molar-refractivity contribution in [2.75, 3.05) is 0 Å². The molecule has 6 unspecified atom stereocenters. The van der Waals surface area contributed by atoms with Crippen LogP contribution in [0.4, 0.5) is 0 Å². The van der Waals surface area contributed by atoms with E-state index < -0.39 is 0 Å². The summed E-state index contributed by atoms with van der Waals surface area (Å²) in [6.45, 7) is 4.55. The average molecular weight is 306 g/mol. The number of Topliss-reactive ketones (excluding diaryl/α,β-unsaturated/α-hetero) is 1. The first-order valence-electron chi connectivity index (χ1n) is 9.24. The fraction of sp³-hybridized carbons (Fsp3) is 0.947. The Morgan fingerprint density at radius 2 is 1.82 bits per heavy atom. The number of fused-ring (bicyclic) bond motifs is 5. The van der Waals surface area contributed by atoms with E-state index >= 15 is 0 Å². The van der Waals surface area contributed by atoms with Crippen LogP contribution in [-0.4, -0.2) is 28.2 Å². The minimum Gasteiger partial charge on any atom is -0.393 e. The highest BCUT2D eigenvalue weighted by Crippen LogP contribution is 2.65. The van der Waals surface area contributed by atoms with Gasteiger partial charge in [0.1, 0.15) is 5.78 Å². The van der Waals surface area contributed by atoms with E-state index in [0.717, 1.165) is 44.9 Å². The van der Waals surface area contributed by atoms with Crippen LogP contribution in [0.5, 0.6) is 0 Å². The summed E-state index contributed by atoms with van der Waals surface area (Å²) in [5.41, 5.74) is 0.0411. The molecule has 3 nitrogen and oxygen atoms in total. The third-order valence-corrected chi connectivity index (χ3v) is 8.36. The number of carbonyl (C=O) groups excluding carboxylic acids is 1. The number of rotatable bonds is 0. The van der Waals surface area contributed by atoms with Gasteiger partial charge in [0.25, 0.3) is 0 Å². The molecule has 22 heavy (non-hydrogen) atoms. The van der Waals surface area contributed by atoms with E-state index in [9.17, 15) is 15.0 Å². The molecule has 0 saturated heterocycles. The normalized spacial score (nSPS) is 57.9. The molecule has 0 aromatic carbocycles. The molecule has 4 aliphatic carbocycles. The standard InChI is InChI=1S/C19H30O3/c1-18-8-7-12(20)9-11(18)3-4-13-14-5-6-16(22)19(14,2)10-15(21)17(13)18/h11,13-17,21-22H,3-10H2,1-2H3/t11-,13?,14?,15+,16?,17?,18?,19?/m0/s1. The molecule has 0 aliphatic heterocycles. The molecular weight excluding hydrogens is 276 g/mol. The summed E-state index contributed by atoms with van der Waals surface area (Å²) in [4.78, 5) is 11.9. The van der Waals surface area contributed by atoms with E-state index in [0.29, 0.717) is 35.9 Å². The van der Waals surface area contributed by atoms with Crippen LogP contribution in [0.25, 0.3) is 0 Å². The molecule has 4 aliphatic rings. The van der Waals surface area contributed by atoms with Crippen LogP contribution in [0.3, 0.4) is 0 Å². The summed E-state index contributed by atoms with van der Waals surface area (Å²) in [6.07, 6.45) is 6.88. The van der Waals surface area contributed by atoms with Gasteiger partial charge in [-0.15, -0.1) is 0 Å². The number of hydrogen-bond donors (Lipinski definition) is 2. The molecule has 8 atom stereocenters. The van der Waals surface area contributed by atoms with Crippen molar-refractivity contribution in [1.82, 2.24) is 0 Å². The number of aliphatic hydroxyl groups excluding tert-OH is 2. The molecule has 4 saturated carbocycles. The van der Waals surface area contributed by atoms with Crippen LogP contribution in [-0.2, 0) is 4.79 Å². The highest BCUT2D eigenvalue weighted by Gasteiger charge is 2.62. The second-order valence-electron chi connectivity index (χ2n) is 9.19. The molecule has 0 bridgehead atoms. The molecular formula is C19H30O3. The van der Waals surface area contributed by atoms with Gasteiger partial charge >= 0.3 is 0 Å². The first-order valence-corrected chi connectivity index (χ1v) is 9.24. The third-order valence-electron chi connectivity index (χ3n) is 8.36. The topological polar surface area (TPSA) is 57.5 Å². The lowest BCUT2D eigenvalue weighted by Crippen LogP contribution is -2.59. The van der Waals surface area contributed by atoms with Crippen molar-refractivity contribution in [2.45, 2.75) is 77.4 Å². The minimum atomic E-state index is -0.306. The molecule has 0 aromatic heterocycles. The van der Waals surface area contributed by atoms with Crippen molar-refractivity contribution in [3.63, 3.8) is 0 Å². The predicted molar refractivity (Wildman–Crippen MR) is 84.1 cm³/mol. The molecule has 4 rings (SSSR count). The lowest BCUT2D eigenvalue weighted by Gasteiger charge is -2.61. The fourth-order valence-electron chi connectivity index (χ4n) is 7.14. The van der Waals surface area contributed by atoms with Crippen molar-refractivity contribution in [1.29, 1.82) is 0 Å². The third kappa shape index (κ3) is 1.84. The number of aliphatic hydroxyl groups is 2. The quantitative estimate of drug-likeness (QED) is 0.723. The Balaban J connectivity index is 1.69. The van der Waals surface area contributed by atoms with Crippen LogP contribution in [0, 0.1) is 34.5 Å². The van der Waals surface area contributed by atoms with E-state index in [1.807, 2.05) is 0 Å².